The van der Waals surface area contributed by atoms with Crippen molar-refractivity contribution in [1.29, 1.82) is 0 Å². The second-order valence-corrected chi connectivity index (χ2v) is 8.82. The third kappa shape index (κ3) is 2.47. The Hall–Kier alpha value is -2.83. The summed E-state index contributed by atoms with van der Waals surface area (Å²) in [7, 11) is -4.46. The Morgan fingerprint density at radius 2 is 1.90 bits per heavy atom. The van der Waals surface area contributed by atoms with E-state index >= 15 is 0 Å². The van der Waals surface area contributed by atoms with E-state index in [2.05, 4.69) is 15.2 Å². The summed E-state index contributed by atoms with van der Waals surface area (Å²) in [6, 6.07) is 3.12. The molecule has 2 N–H and O–H groups in total. The number of aliphatic hydroxyl groups excluding tert-OH is 1. The number of aliphatic hydroxyl groups is 1. The van der Waals surface area contributed by atoms with Crippen LogP contribution in [0, 0.1) is 5.82 Å². The van der Waals surface area contributed by atoms with Crippen molar-refractivity contribution in [3.05, 3.63) is 76.6 Å². The van der Waals surface area contributed by atoms with Gasteiger partial charge in [-0.05, 0) is 23.8 Å². The molecule has 0 amide bonds. The van der Waals surface area contributed by atoms with Crippen molar-refractivity contribution in [3.63, 3.8) is 0 Å². The van der Waals surface area contributed by atoms with Gasteiger partial charge in [-0.15, -0.1) is 0 Å². The first-order valence-corrected chi connectivity index (χ1v) is 10.1. The number of aromatic amines is 1. The van der Waals surface area contributed by atoms with Gasteiger partial charge >= 0.3 is 6.18 Å². The largest absolute Gasteiger partial charge is 0.433 e. The molecule has 0 spiro atoms. The zero-order chi connectivity index (χ0) is 21.4. The number of halogens is 4. The minimum Gasteiger partial charge on any atom is -0.385 e. The molecule has 7 nitrogen and oxygen atoms in total. The van der Waals surface area contributed by atoms with Gasteiger partial charge in [-0.1, -0.05) is 12.1 Å². The zero-order valence-electron chi connectivity index (χ0n) is 14.8. The van der Waals surface area contributed by atoms with E-state index < -0.39 is 50.8 Å². The van der Waals surface area contributed by atoms with E-state index in [1.807, 2.05) is 0 Å². The average Bonchev–Trinajstić information content (AvgIpc) is 3.28. The summed E-state index contributed by atoms with van der Waals surface area (Å²) >= 11 is 0. The van der Waals surface area contributed by atoms with Crippen LogP contribution in [-0.4, -0.2) is 33.0 Å². The quantitative estimate of drug-likeness (QED) is 0.597. The first kappa shape index (κ1) is 19.2. The number of fused-ring (bicyclic) bond motifs is 7. The highest BCUT2D eigenvalue weighted by Crippen LogP contribution is 2.58. The lowest BCUT2D eigenvalue weighted by Crippen LogP contribution is -2.40. The monoisotopic (exact) mass is 440 g/mol. The highest BCUT2D eigenvalue weighted by Gasteiger charge is 2.56. The van der Waals surface area contributed by atoms with Crippen LogP contribution in [0.15, 0.2) is 47.6 Å². The normalized spacial score (nSPS) is 23.3. The van der Waals surface area contributed by atoms with Crippen LogP contribution in [0.3, 0.4) is 0 Å². The van der Waals surface area contributed by atoms with Crippen molar-refractivity contribution in [2.75, 3.05) is 0 Å². The summed E-state index contributed by atoms with van der Waals surface area (Å²) in [5.41, 5.74) is -0.433. The maximum absolute atomic E-state index is 14.7. The maximum Gasteiger partial charge on any atom is 0.433 e. The molecule has 3 aromatic rings. The Bertz CT molecular complexity index is 1260. The molecule has 2 aliphatic rings. The first-order valence-electron chi connectivity index (χ1n) is 8.69. The Morgan fingerprint density at radius 3 is 2.57 bits per heavy atom. The average molecular weight is 440 g/mol. The summed E-state index contributed by atoms with van der Waals surface area (Å²) in [5, 5.41) is 17.3. The van der Waals surface area contributed by atoms with E-state index in [4.69, 9.17) is 0 Å². The summed E-state index contributed by atoms with van der Waals surface area (Å²) in [5.74, 6) is -0.660. The van der Waals surface area contributed by atoms with E-state index in [-0.39, 0.29) is 22.4 Å². The molecule has 156 valence electrons. The molecule has 0 radical (unpaired) electrons. The number of rotatable bonds is 2. The van der Waals surface area contributed by atoms with E-state index in [0.29, 0.717) is 12.3 Å². The van der Waals surface area contributed by atoms with Gasteiger partial charge in [0.2, 0.25) is 10.0 Å². The molecule has 4 heterocycles. The fourth-order valence-electron chi connectivity index (χ4n) is 4.15. The second-order valence-electron chi connectivity index (χ2n) is 6.97. The number of aromatic nitrogens is 3. The van der Waals surface area contributed by atoms with Gasteiger partial charge in [0, 0.05) is 23.5 Å². The second kappa shape index (κ2) is 6.09. The zero-order valence-corrected chi connectivity index (χ0v) is 15.6. The molecule has 0 saturated heterocycles. The fourth-order valence-corrected chi connectivity index (χ4v) is 5.85. The van der Waals surface area contributed by atoms with Gasteiger partial charge in [0.1, 0.15) is 22.5 Å². The number of hydrogen-bond acceptors (Lipinski definition) is 5. The molecular formula is C18H12F4N4O3S. The number of H-pyrrole nitrogens is 1. The number of alkyl halides is 3. The fraction of sp³-hybridized carbons (Fsp3) is 0.222. The third-order valence-corrected chi connectivity index (χ3v) is 7.21. The molecule has 2 bridgehead atoms. The van der Waals surface area contributed by atoms with Crippen LogP contribution in [0.1, 0.15) is 46.3 Å². The minimum absolute atomic E-state index is 0.0742. The van der Waals surface area contributed by atoms with E-state index in [9.17, 15) is 31.1 Å². The lowest BCUT2D eigenvalue weighted by Gasteiger charge is -2.36. The summed E-state index contributed by atoms with van der Waals surface area (Å²) in [6.45, 7) is 0. The van der Waals surface area contributed by atoms with Crippen LogP contribution >= 0.6 is 0 Å². The predicted octanol–water partition coefficient (Wildman–Crippen LogP) is 2.84. The summed E-state index contributed by atoms with van der Waals surface area (Å²) < 4.78 is 80.9. The molecule has 2 aliphatic heterocycles. The van der Waals surface area contributed by atoms with Crippen molar-refractivity contribution in [1.82, 2.24) is 19.5 Å². The SMILES string of the molecule is O=S(=O)(c1ccc(C(F)(F)F)nc1)N1C2c3c[nH]nc3[C@H](O)C1c1cccc(F)c12. The van der Waals surface area contributed by atoms with Crippen LogP contribution in [0.5, 0.6) is 0 Å². The van der Waals surface area contributed by atoms with Gasteiger partial charge in [-0.3, -0.25) is 10.1 Å². The number of nitrogens with one attached hydrogen (secondary N) is 1. The number of nitrogens with zero attached hydrogens (tertiary/aromatic N) is 3. The number of benzene rings is 1. The Morgan fingerprint density at radius 1 is 1.13 bits per heavy atom. The van der Waals surface area contributed by atoms with Crippen molar-refractivity contribution < 1.29 is 31.1 Å². The standard InChI is InChI=1S/C18H12F4N4O3S/c19-11-3-1-2-9-13(11)15-10-7-24-25-14(10)17(27)16(9)26(15)30(28,29)8-4-5-12(23-6-8)18(20,21)22/h1-7,15-17,27H,(H,24,25)/t15?,16?,17-/m0/s1. The van der Waals surface area contributed by atoms with Gasteiger partial charge < -0.3 is 5.11 Å². The smallest absolute Gasteiger partial charge is 0.385 e. The van der Waals surface area contributed by atoms with Crippen molar-refractivity contribution >= 4 is 10.0 Å². The lowest BCUT2D eigenvalue weighted by atomic mass is 9.98. The van der Waals surface area contributed by atoms with Gasteiger partial charge in [0.15, 0.2) is 0 Å². The van der Waals surface area contributed by atoms with Crippen molar-refractivity contribution in [2.45, 2.75) is 29.3 Å². The molecule has 1 aromatic carbocycles. The highest BCUT2D eigenvalue weighted by atomic mass is 32.2. The highest BCUT2D eigenvalue weighted by molar-refractivity contribution is 7.89. The molecule has 0 fully saturated rings. The molecule has 0 aliphatic carbocycles. The lowest BCUT2D eigenvalue weighted by molar-refractivity contribution is -0.141. The molecule has 2 unspecified atom stereocenters. The number of hydrogen-bond donors (Lipinski definition) is 2. The Kier molecular flexibility index (Phi) is 3.89. The molecule has 30 heavy (non-hydrogen) atoms. The number of sulfonamides is 1. The van der Waals surface area contributed by atoms with Crippen LogP contribution in [0.4, 0.5) is 17.6 Å². The molecule has 5 rings (SSSR count). The van der Waals surface area contributed by atoms with Gasteiger partial charge in [-0.25, -0.2) is 12.8 Å². The topological polar surface area (TPSA) is 99.2 Å². The van der Waals surface area contributed by atoms with E-state index in [1.54, 1.807) is 0 Å². The maximum atomic E-state index is 14.7. The van der Waals surface area contributed by atoms with Crippen LogP contribution in [-0.2, 0) is 16.2 Å². The summed E-state index contributed by atoms with van der Waals surface area (Å²) in [4.78, 5) is 2.71. The van der Waals surface area contributed by atoms with Crippen LogP contribution in [0.2, 0.25) is 0 Å². The Balaban J connectivity index is 1.69. The third-order valence-electron chi connectivity index (χ3n) is 5.38. The van der Waals surface area contributed by atoms with Crippen LogP contribution in [0.25, 0.3) is 0 Å². The van der Waals surface area contributed by atoms with Gasteiger partial charge in [0.25, 0.3) is 0 Å². The molecule has 12 heteroatoms. The number of pyridine rings is 1. The Labute approximate surface area is 167 Å². The predicted molar refractivity (Wildman–Crippen MR) is 92.8 cm³/mol. The van der Waals surface area contributed by atoms with Crippen molar-refractivity contribution in [2.24, 2.45) is 0 Å². The van der Waals surface area contributed by atoms with Crippen molar-refractivity contribution in [3.8, 4) is 0 Å². The molecule has 3 atom stereocenters. The summed E-state index contributed by atoms with van der Waals surface area (Å²) in [6.07, 6.45) is -4.15. The molecule has 0 saturated carbocycles. The van der Waals surface area contributed by atoms with Crippen LogP contribution < -0.4 is 0 Å². The van der Waals surface area contributed by atoms with Gasteiger partial charge in [0.05, 0.1) is 17.8 Å². The van der Waals surface area contributed by atoms with Gasteiger partial charge in [-0.2, -0.15) is 22.6 Å². The molecular weight excluding hydrogens is 428 g/mol. The molecule has 2 aromatic heterocycles. The van der Waals surface area contributed by atoms with E-state index in [0.717, 1.165) is 10.4 Å². The van der Waals surface area contributed by atoms with E-state index in [1.165, 1.54) is 24.4 Å². The minimum atomic E-state index is -4.73. The first-order chi connectivity index (χ1) is 14.1.